The zero-order valence-electron chi connectivity index (χ0n) is 13.7. The Kier molecular flexibility index (Phi) is 5.30. The fourth-order valence-electron chi connectivity index (χ4n) is 2.30. The van der Waals surface area contributed by atoms with Gasteiger partial charge < -0.3 is 15.1 Å². The molecule has 1 aromatic heterocycles. The quantitative estimate of drug-likeness (QED) is 0.622. The number of halogens is 2. The second-order valence-corrected chi connectivity index (χ2v) is 6.32. The molecule has 0 radical (unpaired) electrons. The minimum absolute atomic E-state index is 0.160. The summed E-state index contributed by atoms with van der Waals surface area (Å²) in [5.41, 5.74) is 1.95. The van der Waals surface area contributed by atoms with Gasteiger partial charge in [0, 0.05) is 23.9 Å². The topological polar surface area (TPSA) is 71.3 Å². The second-order valence-electron chi connectivity index (χ2n) is 5.51. The Labute approximate surface area is 159 Å². The van der Waals surface area contributed by atoms with Crippen LogP contribution in [0.15, 0.2) is 59.0 Å². The molecule has 7 heteroatoms. The van der Waals surface area contributed by atoms with Crippen molar-refractivity contribution in [1.29, 1.82) is 0 Å². The summed E-state index contributed by atoms with van der Waals surface area (Å²) < 4.78 is 5.60. The molecule has 0 bridgehead atoms. The molecule has 0 aliphatic heterocycles. The molecule has 0 atom stereocenters. The highest BCUT2D eigenvalue weighted by Gasteiger charge is 2.13. The molecule has 0 unspecified atom stereocenters. The summed E-state index contributed by atoms with van der Waals surface area (Å²) in [7, 11) is 0. The first-order valence-electron chi connectivity index (χ1n) is 7.66. The van der Waals surface area contributed by atoms with E-state index in [1.165, 1.54) is 6.92 Å². The van der Waals surface area contributed by atoms with E-state index in [0.717, 1.165) is 5.56 Å². The average molecular weight is 389 g/mol. The van der Waals surface area contributed by atoms with Gasteiger partial charge in [-0.25, -0.2) is 0 Å². The lowest BCUT2D eigenvalue weighted by molar-refractivity contribution is -0.114. The molecule has 0 aliphatic rings. The van der Waals surface area contributed by atoms with Gasteiger partial charge in [0.05, 0.1) is 10.0 Å². The monoisotopic (exact) mass is 388 g/mol. The van der Waals surface area contributed by atoms with Crippen molar-refractivity contribution in [1.82, 2.24) is 0 Å². The number of rotatable bonds is 4. The lowest BCUT2D eigenvalue weighted by Crippen LogP contribution is -2.11. The number of carbonyl (C=O) groups excluding carboxylic acids is 2. The number of amides is 2. The highest BCUT2D eigenvalue weighted by molar-refractivity contribution is 6.42. The minimum Gasteiger partial charge on any atom is -0.451 e. The Morgan fingerprint density at radius 2 is 1.50 bits per heavy atom. The Balaban J connectivity index is 1.71. The molecule has 26 heavy (non-hydrogen) atoms. The number of furan rings is 1. The maximum absolute atomic E-state index is 12.3. The number of hydrogen-bond acceptors (Lipinski definition) is 3. The average Bonchev–Trinajstić information content (AvgIpc) is 3.09. The minimum atomic E-state index is -0.386. The van der Waals surface area contributed by atoms with E-state index in [1.54, 1.807) is 54.6 Å². The molecule has 132 valence electrons. The van der Waals surface area contributed by atoms with Crippen molar-refractivity contribution in [2.75, 3.05) is 10.6 Å². The smallest absolute Gasteiger partial charge is 0.291 e. The van der Waals surface area contributed by atoms with Crippen LogP contribution in [0.3, 0.4) is 0 Å². The van der Waals surface area contributed by atoms with E-state index in [2.05, 4.69) is 10.6 Å². The second kappa shape index (κ2) is 7.64. The van der Waals surface area contributed by atoms with E-state index in [4.69, 9.17) is 27.6 Å². The van der Waals surface area contributed by atoms with Crippen molar-refractivity contribution >= 4 is 46.4 Å². The molecule has 0 fully saturated rings. The third kappa shape index (κ3) is 4.25. The van der Waals surface area contributed by atoms with Crippen LogP contribution >= 0.6 is 23.2 Å². The van der Waals surface area contributed by atoms with Crippen LogP contribution in [0.2, 0.25) is 10.0 Å². The zero-order chi connectivity index (χ0) is 18.7. The standard InChI is InChI=1S/C19H14Cl2N2O3/c1-11(24)22-13-3-5-14(6-4-13)23-19(25)18-9-8-17(26-18)12-2-7-15(20)16(21)10-12/h2-10H,1H3,(H,22,24)(H,23,25). The molecule has 2 amide bonds. The summed E-state index contributed by atoms with van der Waals surface area (Å²) in [6.07, 6.45) is 0. The van der Waals surface area contributed by atoms with Crippen molar-refractivity contribution in [2.45, 2.75) is 6.92 Å². The summed E-state index contributed by atoms with van der Waals surface area (Å²) >= 11 is 11.9. The van der Waals surface area contributed by atoms with Gasteiger partial charge in [-0.05, 0) is 54.6 Å². The van der Waals surface area contributed by atoms with Gasteiger partial charge in [0.1, 0.15) is 5.76 Å². The Bertz CT molecular complexity index is 965. The lowest BCUT2D eigenvalue weighted by Gasteiger charge is -2.06. The van der Waals surface area contributed by atoms with Crippen molar-refractivity contribution in [3.05, 3.63) is 70.4 Å². The summed E-state index contributed by atoms with van der Waals surface area (Å²) in [4.78, 5) is 23.3. The van der Waals surface area contributed by atoms with Crippen LogP contribution in [0.25, 0.3) is 11.3 Å². The van der Waals surface area contributed by atoms with Crippen LogP contribution < -0.4 is 10.6 Å². The van der Waals surface area contributed by atoms with Crippen molar-refractivity contribution in [3.8, 4) is 11.3 Å². The van der Waals surface area contributed by atoms with Gasteiger partial charge >= 0.3 is 0 Å². The number of benzene rings is 2. The predicted molar refractivity (Wildman–Crippen MR) is 103 cm³/mol. The molecule has 3 rings (SSSR count). The molecule has 5 nitrogen and oxygen atoms in total. The molecular formula is C19H14Cl2N2O3. The maximum Gasteiger partial charge on any atom is 0.291 e. The fraction of sp³-hybridized carbons (Fsp3) is 0.0526. The van der Waals surface area contributed by atoms with Gasteiger partial charge in [-0.2, -0.15) is 0 Å². The van der Waals surface area contributed by atoms with E-state index in [0.29, 0.717) is 27.2 Å². The third-order valence-electron chi connectivity index (χ3n) is 3.50. The van der Waals surface area contributed by atoms with Gasteiger partial charge in [0.2, 0.25) is 5.91 Å². The van der Waals surface area contributed by atoms with Crippen LogP contribution in [0.4, 0.5) is 11.4 Å². The van der Waals surface area contributed by atoms with Gasteiger partial charge in [-0.1, -0.05) is 23.2 Å². The van der Waals surface area contributed by atoms with Crippen LogP contribution in [0, 0.1) is 0 Å². The van der Waals surface area contributed by atoms with E-state index in [-0.39, 0.29) is 17.6 Å². The summed E-state index contributed by atoms with van der Waals surface area (Å²) in [6, 6.07) is 15.1. The first-order chi connectivity index (χ1) is 12.4. The van der Waals surface area contributed by atoms with Gasteiger partial charge in [0.15, 0.2) is 5.76 Å². The molecule has 2 N–H and O–H groups in total. The summed E-state index contributed by atoms with van der Waals surface area (Å²) in [5.74, 6) is 0.127. The highest BCUT2D eigenvalue weighted by Crippen LogP contribution is 2.29. The number of nitrogens with one attached hydrogen (secondary N) is 2. The van der Waals surface area contributed by atoms with Crippen molar-refractivity contribution in [3.63, 3.8) is 0 Å². The number of carbonyl (C=O) groups is 2. The first-order valence-corrected chi connectivity index (χ1v) is 8.42. The Morgan fingerprint density at radius 3 is 2.12 bits per heavy atom. The third-order valence-corrected chi connectivity index (χ3v) is 4.24. The SMILES string of the molecule is CC(=O)Nc1ccc(NC(=O)c2ccc(-c3ccc(Cl)c(Cl)c3)o2)cc1. The summed E-state index contributed by atoms with van der Waals surface area (Å²) in [5, 5.41) is 6.24. The largest absolute Gasteiger partial charge is 0.451 e. The van der Waals surface area contributed by atoms with E-state index >= 15 is 0 Å². The van der Waals surface area contributed by atoms with E-state index in [9.17, 15) is 9.59 Å². The normalized spacial score (nSPS) is 10.4. The van der Waals surface area contributed by atoms with Gasteiger partial charge in [-0.3, -0.25) is 9.59 Å². The number of hydrogen-bond donors (Lipinski definition) is 2. The summed E-state index contributed by atoms with van der Waals surface area (Å²) in [6.45, 7) is 1.43. The molecule has 0 spiro atoms. The van der Waals surface area contributed by atoms with E-state index < -0.39 is 0 Å². The Morgan fingerprint density at radius 1 is 0.846 bits per heavy atom. The molecule has 2 aromatic carbocycles. The van der Waals surface area contributed by atoms with Crippen molar-refractivity contribution in [2.24, 2.45) is 0 Å². The molecule has 3 aromatic rings. The molecule has 0 saturated heterocycles. The molecule has 0 saturated carbocycles. The van der Waals surface area contributed by atoms with Crippen LogP contribution in [-0.2, 0) is 4.79 Å². The maximum atomic E-state index is 12.3. The predicted octanol–water partition coefficient (Wildman–Crippen LogP) is 5.46. The van der Waals surface area contributed by atoms with Crippen LogP contribution in [0.5, 0.6) is 0 Å². The Hall–Kier alpha value is -2.76. The van der Waals surface area contributed by atoms with Crippen LogP contribution in [-0.4, -0.2) is 11.8 Å². The van der Waals surface area contributed by atoms with E-state index in [1.807, 2.05) is 0 Å². The van der Waals surface area contributed by atoms with Gasteiger partial charge in [0.25, 0.3) is 5.91 Å². The van der Waals surface area contributed by atoms with Crippen molar-refractivity contribution < 1.29 is 14.0 Å². The van der Waals surface area contributed by atoms with Gasteiger partial charge in [-0.15, -0.1) is 0 Å². The highest BCUT2D eigenvalue weighted by atomic mass is 35.5. The first kappa shape index (κ1) is 18.0. The molecular weight excluding hydrogens is 375 g/mol. The number of anilines is 2. The lowest BCUT2D eigenvalue weighted by atomic mass is 10.2. The van der Waals surface area contributed by atoms with Crippen LogP contribution in [0.1, 0.15) is 17.5 Å². The molecule has 1 heterocycles. The fourth-order valence-corrected chi connectivity index (χ4v) is 2.60. The molecule has 0 aliphatic carbocycles. The zero-order valence-corrected chi connectivity index (χ0v) is 15.2.